The van der Waals surface area contributed by atoms with Crippen molar-refractivity contribution >= 4 is 60.8 Å². The van der Waals surface area contributed by atoms with Crippen LogP contribution in [-0.4, -0.2) is 4.57 Å². The number of hydrogen-bond donors (Lipinski definition) is 0. The molecule has 0 atom stereocenters. The number of aromatic nitrogens is 1. The van der Waals surface area contributed by atoms with E-state index < -0.39 is 0 Å². The zero-order chi connectivity index (χ0) is 41.7. The van der Waals surface area contributed by atoms with Gasteiger partial charge in [0.25, 0.3) is 0 Å². The number of fused-ring (bicyclic) bond motifs is 6. The van der Waals surface area contributed by atoms with Crippen molar-refractivity contribution in [2.24, 2.45) is 0 Å². The molecule has 10 aromatic carbocycles. The number of benzene rings is 10. The van der Waals surface area contributed by atoms with E-state index in [-0.39, 0.29) is 0 Å². The molecule has 2 aromatic heterocycles. The van der Waals surface area contributed by atoms with E-state index in [1.807, 2.05) is 12.1 Å². The van der Waals surface area contributed by atoms with Crippen molar-refractivity contribution in [3.05, 3.63) is 243 Å². The van der Waals surface area contributed by atoms with Crippen LogP contribution in [0.4, 0.5) is 17.1 Å². The van der Waals surface area contributed by atoms with Crippen molar-refractivity contribution in [3.63, 3.8) is 0 Å². The minimum atomic E-state index is 0.871. The summed E-state index contributed by atoms with van der Waals surface area (Å²) in [5.74, 6) is 0. The first-order valence-corrected chi connectivity index (χ1v) is 21.5. The molecule has 0 radical (unpaired) electrons. The maximum atomic E-state index is 6.33. The van der Waals surface area contributed by atoms with Gasteiger partial charge in [-0.15, -0.1) is 0 Å². The Labute approximate surface area is 366 Å². The van der Waals surface area contributed by atoms with E-state index in [9.17, 15) is 0 Å². The SMILES string of the molecule is c1ccc(-c2ccccc2-c2ccccc2-c2ccccc2N(c2ccc(-c3ccc4c(c3)c3ccccc3n4-c3ccccc3)cc2)c2ccc3oc4ccccc4c3c2)cc1. The highest BCUT2D eigenvalue weighted by Crippen LogP contribution is 2.46. The van der Waals surface area contributed by atoms with E-state index in [2.05, 4.69) is 240 Å². The third-order valence-corrected chi connectivity index (χ3v) is 12.4. The van der Waals surface area contributed by atoms with Gasteiger partial charge in [-0.2, -0.15) is 0 Å². The van der Waals surface area contributed by atoms with Gasteiger partial charge in [-0.1, -0.05) is 170 Å². The second kappa shape index (κ2) is 15.3. The lowest BCUT2D eigenvalue weighted by atomic mass is 9.88. The summed E-state index contributed by atoms with van der Waals surface area (Å²) >= 11 is 0. The predicted octanol–water partition coefficient (Wildman–Crippen LogP) is 16.8. The molecule has 0 aliphatic carbocycles. The van der Waals surface area contributed by atoms with E-state index in [0.29, 0.717) is 0 Å². The number of furan rings is 1. The molecule has 0 unspecified atom stereocenters. The van der Waals surface area contributed by atoms with E-state index in [0.717, 1.165) is 61.4 Å². The van der Waals surface area contributed by atoms with Crippen molar-refractivity contribution in [2.75, 3.05) is 4.90 Å². The minimum Gasteiger partial charge on any atom is -0.456 e. The zero-order valence-electron chi connectivity index (χ0n) is 34.4. The molecule has 0 fully saturated rings. The van der Waals surface area contributed by atoms with Gasteiger partial charge in [0, 0.05) is 44.2 Å². The molecule has 0 N–H and O–H groups in total. The number of hydrogen-bond acceptors (Lipinski definition) is 2. The van der Waals surface area contributed by atoms with Crippen LogP contribution in [0.5, 0.6) is 0 Å². The van der Waals surface area contributed by atoms with Crippen LogP contribution in [-0.2, 0) is 0 Å². The Kier molecular flexibility index (Phi) is 8.83. The molecule has 12 rings (SSSR count). The van der Waals surface area contributed by atoms with Gasteiger partial charge in [0.1, 0.15) is 11.2 Å². The van der Waals surface area contributed by atoms with Crippen molar-refractivity contribution in [1.29, 1.82) is 0 Å². The van der Waals surface area contributed by atoms with Crippen LogP contribution in [0.1, 0.15) is 0 Å². The third-order valence-electron chi connectivity index (χ3n) is 12.4. The number of anilines is 3. The summed E-state index contributed by atoms with van der Waals surface area (Å²) in [5.41, 5.74) is 17.9. The maximum Gasteiger partial charge on any atom is 0.135 e. The highest BCUT2D eigenvalue weighted by atomic mass is 16.3. The van der Waals surface area contributed by atoms with Gasteiger partial charge >= 0.3 is 0 Å². The van der Waals surface area contributed by atoms with Gasteiger partial charge in [-0.3, -0.25) is 0 Å². The molecule has 0 saturated carbocycles. The van der Waals surface area contributed by atoms with Gasteiger partial charge in [0.05, 0.1) is 16.7 Å². The van der Waals surface area contributed by atoms with Crippen molar-refractivity contribution in [3.8, 4) is 50.2 Å². The summed E-state index contributed by atoms with van der Waals surface area (Å²) in [4.78, 5) is 2.40. The molecular weight excluding hydrogens is 765 g/mol. The van der Waals surface area contributed by atoms with Crippen molar-refractivity contribution < 1.29 is 4.42 Å². The lowest BCUT2D eigenvalue weighted by Crippen LogP contribution is -2.11. The summed E-state index contributed by atoms with van der Waals surface area (Å²) in [5, 5.41) is 4.67. The Morgan fingerprint density at radius 2 is 0.841 bits per heavy atom. The average Bonchev–Trinajstić information content (AvgIpc) is 3.90. The third kappa shape index (κ3) is 6.29. The maximum absolute atomic E-state index is 6.33. The smallest absolute Gasteiger partial charge is 0.135 e. The normalized spacial score (nSPS) is 11.5. The van der Waals surface area contributed by atoms with Gasteiger partial charge in [0.15, 0.2) is 0 Å². The van der Waals surface area contributed by atoms with Crippen LogP contribution >= 0.6 is 0 Å². The van der Waals surface area contributed by atoms with Crippen LogP contribution in [0, 0.1) is 0 Å². The van der Waals surface area contributed by atoms with Crippen LogP contribution in [0.2, 0.25) is 0 Å². The molecule has 12 aromatic rings. The van der Waals surface area contributed by atoms with E-state index in [1.54, 1.807) is 0 Å². The Balaban J connectivity index is 1.02. The first-order valence-electron chi connectivity index (χ1n) is 21.5. The number of nitrogens with zero attached hydrogens (tertiary/aromatic N) is 2. The molecule has 0 bridgehead atoms. The molecule has 2 heterocycles. The van der Waals surface area contributed by atoms with Crippen molar-refractivity contribution in [1.82, 2.24) is 4.57 Å². The molecule has 63 heavy (non-hydrogen) atoms. The van der Waals surface area contributed by atoms with Crippen LogP contribution in [0.25, 0.3) is 93.9 Å². The Bertz CT molecular complexity index is 3620. The summed E-state index contributed by atoms with van der Waals surface area (Å²) in [6, 6.07) is 87.2. The molecule has 0 aliphatic rings. The van der Waals surface area contributed by atoms with Crippen molar-refractivity contribution in [2.45, 2.75) is 0 Å². The summed E-state index contributed by atoms with van der Waals surface area (Å²) in [7, 11) is 0. The first kappa shape index (κ1) is 36.5. The fourth-order valence-electron chi connectivity index (χ4n) is 9.53. The summed E-state index contributed by atoms with van der Waals surface area (Å²) in [6.45, 7) is 0. The van der Waals surface area contributed by atoms with Gasteiger partial charge in [0.2, 0.25) is 0 Å². The second-order valence-corrected chi connectivity index (χ2v) is 16.1. The Morgan fingerprint density at radius 3 is 1.62 bits per heavy atom. The molecule has 3 heteroatoms. The van der Waals surface area contributed by atoms with E-state index >= 15 is 0 Å². The minimum absolute atomic E-state index is 0.871. The molecular formula is C60H40N2O. The topological polar surface area (TPSA) is 21.3 Å². The molecule has 0 amide bonds. The molecule has 0 aliphatic heterocycles. The van der Waals surface area contributed by atoms with Crippen LogP contribution in [0.15, 0.2) is 247 Å². The molecule has 0 saturated heterocycles. The largest absolute Gasteiger partial charge is 0.456 e. The highest BCUT2D eigenvalue weighted by molar-refractivity contribution is 6.11. The van der Waals surface area contributed by atoms with E-state index in [4.69, 9.17) is 4.42 Å². The number of rotatable bonds is 8. The van der Waals surface area contributed by atoms with Crippen LogP contribution in [0.3, 0.4) is 0 Å². The summed E-state index contributed by atoms with van der Waals surface area (Å²) in [6.07, 6.45) is 0. The quantitative estimate of drug-likeness (QED) is 0.153. The Hall–Kier alpha value is -8.40. The lowest BCUT2D eigenvalue weighted by molar-refractivity contribution is 0.669. The van der Waals surface area contributed by atoms with Gasteiger partial charge in [-0.05, 0) is 112 Å². The summed E-state index contributed by atoms with van der Waals surface area (Å²) < 4.78 is 8.70. The highest BCUT2D eigenvalue weighted by Gasteiger charge is 2.22. The monoisotopic (exact) mass is 804 g/mol. The fourth-order valence-corrected chi connectivity index (χ4v) is 9.53. The lowest BCUT2D eigenvalue weighted by Gasteiger charge is -2.29. The van der Waals surface area contributed by atoms with E-state index in [1.165, 1.54) is 49.6 Å². The Morgan fingerprint density at radius 1 is 0.302 bits per heavy atom. The zero-order valence-corrected chi connectivity index (χ0v) is 34.4. The molecule has 296 valence electrons. The average molecular weight is 805 g/mol. The first-order chi connectivity index (χ1) is 31.3. The molecule has 3 nitrogen and oxygen atoms in total. The van der Waals surface area contributed by atoms with Crippen LogP contribution < -0.4 is 4.90 Å². The van der Waals surface area contributed by atoms with Gasteiger partial charge in [-0.25, -0.2) is 0 Å². The molecule has 0 spiro atoms. The number of para-hydroxylation sites is 4. The standard InChI is InChI=1S/C60H40N2O/c1-3-17-42(18-4-1)47-21-7-8-22-48(47)49-23-9-10-24-50(49)51-25-11-14-28-56(51)61(46-36-38-60-55(40-46)53-27-13-16-30-59(53)63-60)45-34-31-41(32-35-45)43-33-37-58-54(39-43)52-26-12-15-29-57(52)62(58)44-19-5-2-6-20-44/h1-40H. The predicted molar refractivity (Wildman–Crippen MR) is 264 cm³/mol. The second-order valence-electron chi connectivity index (χ2n) is 16.1. The van der Waals surface area contributed by atoms with Gasteiger partial charge < -0.3 is 13.9 Å². The fraction of sp³-hybridized carbons (Fsp3) is 0.